The number of hydrogen-bond donors (Lipinski definition) is 2. The van der Waals surface area contributed by atoms with Gasteiger partial charge in [0.05, 0.1) is 24.8 Å². The molecular formula is C23H17BrClN3O4S. The molecule has 0 saturated heterocycles. The van der Waals surface area contributed by atoms with Crippen LogP contribution in [0.5, 0.6) is 11.5 Å². The Hall–Kier alpha value is -3.14. The smallest absolute Gasteiger partial charge is 0.257 e. The van der Waals surface area contributed by atoms with E-state index in [1.165, 1.54) is 14.2 Å². The molecule has 0 aliphatic carbocycles. The minimum absolute atomic E-state index is 0.132. The van der Waals surface area contributed by atoms with Crippen molar-refractivity contribution in [2.45, 2.75) is 0 Å². The highest BCUT2D eigenvalue weighted by atomic mass is 79.9. The normalized spacial score (nSPS) is 10.7. The number of nitrogens with one attached hydrogen (secondary N) is 2. The van der Waals surface area contributed by atoms with E-state index in [1.807, 2.05) is 12.1 Å². The van der Waals surface area contributed by atoms with Crippen molar-refractivity contribution in [1.82, 2.24) is 10.3 Å². The van der Waals surface area contributed by atoms with E-state index >= 15 is 0 Å². The van der Waals surface area contributed by atoms with Crippen molar-refractivity contribution in [3.63, 3.8) is 0 Å². The summed E-state index contributed by atoms with van der Waals surface area (Å²) < 4.78 is 17.1. The summed E-state index contributed by atoms with van der Waals surface area (Å²) in [5.74, 6) is 0.987. The number of carbonyl (C=O) groups is 1. The largest absolute Gasteiger partial charge is 0.493 e. The summed E-state index contributed by atoms with van der Waals surface area (Å²) in [6.07, 6.45) is 0. The van der Waals surface area contributed by atoms with Crippen molar-refractivity contribution in [3.8, 4) is 23.0 Å². The lowest BCUT2D eigenvalue weighted by atomic mass is 10.2. The van der Waals surface area contributed by atoms with Crippen molar-refractivity contribution in [2.24, 2.45) is 0 Å². The van der Waals surface area contributed by atoms with Crippen LogP contribution in [0.2, 0.25) is 5.02 Å². The van der Waals surface area contributed by atoms with E-state index < -0.39 is 0 Å². The molecule has 0 atom stereocenters. The maximum atomic E-state index is 12.6. The molecule has 0 unspecified atom stereocenters. The van der Waals surface area contributed by atoms with E-state index in [0.29, 0.717) is 50.3 Å². The Balaban J connectivity index is 1.49. The van der Waals surface area contributed by atoms with Crippen molar-refractivity contribution < 1.29 is 18.7 Å². The average Bonchev–Trinajstić information content (AvgIpc) is 3.23. The molecule has 0 aliphatic rings. The van der Waals surface area contributed by atoms with Gasteiger partial charge in [-0.1, -0.05) is 27.5 Å². The molecule has 1 heterocycles. The highest BCUT2D eigenvalue weighted by Crippen LogP contribution is 2.33. The van der Waals surface area contributed by atoms with Gasteiger partial charge in [0.2, 0.25) is 5.89 Å². The number of ether oxygens (including phenoxy) is 2. The molecule has 4 aromatic rings. The summed E-state index contributed by atoms with van der Waals surface area (Å²) >= 11 is 15.0. The summed E-state index contributed by atoms with van der Waals surface area (Å²) in [6.45, 7) is 0. The Bertz CT molecular complexity index is 1380. The molecule has 0 spiro atoms. The number of fused-ring (bicyclic) bond motifs is 1. The second kappa shape index (κ2) is 9.78. The maximum Gasteiger partial charge on any atom is 0.257 e. The number of benzene rings is 3. The molecule has 2 N–H and O–H groups in total. The highest BCUT2D eigenvalue weighted by molar-refractivity contribution is 9.10. The quantitative estimate of drug-likeness (QED) is 0.295. The molecule has 0 fully saturated rings. The molecule has 4 rings (SSSR count). The van der Waals surface area contributed by atoms with Gasteiger partial charge in [0.25, 0.3) is 5.91 Å². The van der Waals surface area contributed by atoms with E-state index in [-0.39, 0.29) is 11.0 Å². The number of anilines is 1. The minimum Gasteiger partial charge on any atom is -0.493 e. The monoisotopic (exact) mass is 545 g/mol. The Kier molecular flexibility index (Phi) is 6.83. The van der Waals surface area contributed by atoms with Gasteiger partial charge in [0, 0.05) is 15.7 Å². The van der Waals surface area contributed by atoms with Crippen LogP contribution in [-0.2, 0) is 0 Å². The molecule has 0 saturated carbocycles. The molecule has 0 bridgehead atoms. The average molecular weight is 547 g/mol. The molecule has 0 radical (unpaired) electrons. The van der Waals surface area contributed by atoms with Crippen LogP contribution in [0, 0.1) is 0 Å². The third-order valence-corrected chi connectivity index (χ3v) is 5.70. The first-order valence-corrected chi connectivity index (χ1v) is 11.2. The number of nitrogens with zero attached hydrogens (tertiary/aromatic N) is 1. The lowest BCUT2D eigenvalue weighted by Gasteiger charge is -2.11. The lowest BCUT2D eigenvalue weighted by Crippen LogP contribution is -2.34. The van der Waals surface area contributed by atoms with E-state index in [0.717, 1.165) is 4.47 Å². The molecule has 1 amide bonds. The standard InChI is InChI=1S/C23H17BrClN3O4S/c1-30-19-7-3-12(9-20(19)31-2)21(29)28-23(33)26-14-5-8-18-17(11-14)27-22(32-18)15-10-13(24)4-6-16(15)25/h3-11H,1-2H3,(H2,26,28,29,33). The van der Waals surface area contributed by atoms with Crippen LogP contribution < -0.4 is 20.1 Å². The number of methoxy groups -OCH3 is 2. The zero-order chi connectivity index (χ0) is 23.5. The first kappa shape index (κ1) is 23.0. The van der Waals surface area contributed by atoms with Gasteiger partial charge in [-0.15, -0.1) is 0 Å². The topological polar surface area (TPSA) is 85.6 Å². The zero-order valence-corrected chi connectivity index (χ0v) is 20.6. The molecule has 33 heavy (non-hydrogen) atoms. The first-order chi connectivity index (χ1) is 15.9. The Morgan fingerprint density at radius 1 is 1.06 bits per heavy atom. The van der Waals surface area contributed by atoms with Gasteiger partial charge in [0.15, 0.2) is 22.2 Å². The maximum absolute atomic E-state index is 12.6. The number of thiocarbonyl (C=S) groups is 1. The van der Waals surface area contributed by atoms with Crippen molar-refractivity contribution in [1.29, 1.82) is 0 Å². The summed E-state index contributed by atoms with van der Waals surface area (Å²) in [7, 11) is 3.03. The first-order valence-electron chi connectivity index (χ1n) is 9.58. The molecule has 10 heteroatoms. The van der Waals surface area contributed by atoms with Crippen LogP contribution >= 0.6 is 39.7 Å². The van der Waals surface area contributed by atoms with Gasteiger partial charge in [-0.25, -0.2) is 4.98 Å². The highest BCUT2D eigenvalue weighted by Gasteiger charge is 2.15. The predicted molar refractivity (Wildman–Crippen MR) is 135 cm³/mol. The molecule has 3 aromatic carbocycles. The van der Waals surface area contributed by atoms with E-state index in [4.69, 9.17) is 37.7 Å². The Morgan fingerprint density at radius 3 is 2.61 bits per heavy atom. The fourth-order valence-electron chi connectivity index (χ4n) is 3.10. The summed E-state index contributed by atoms with van der Waals surface area (Å²) in [6, 6.07) is 15.6. The van der Waals surface area contributed by atoms with E-state index in [9.17, 15) is 4.79 Å². The summed E-state index contributed by atoms with van der Waals surface area (Å²) in [4.78, 5) is 17.1. The van der Waals surface area contributed by atoms with Gasteiger partial charge >= 0.3 is 0 Å². The number of oxazole rings is 1. The zero-order valence-electron chi connectivity index (χ0n) is 17.4. The van der Waals surface area contributed by atoms with E-state index in [1.54, 1.807) is 42.5 Å². The minimum atomic E-state index is -0.387. The molecule has 168 valence electrons. The van der Waals surface area contributed by atoms with Gasteiger partial charge < -0.3 is 19.2 Å². The molecule has 1 aromatic heterocycles. The third-order valence-electron chi connectivity index (χ3n) is 4.68. The van der Waals surface area contributed by atoms with Crippen LogP contribution in [0.15, 0.2) is 63.5 Å². The van der Waals surface area contributed by atoms with Crippen LogP contribution in [-0.4, -0.2) is 30.2 Å². The lowest BCUT2D eigenvalue weighted by molar-refractivity contribution is 0.0977. The number of halogens is 2. The van der Waals surface area contributed by atoms with Crippen LogP contribution in [0.3, 0.4) is 0 Å². The summed E-state index contributed by atoms with van der Waals surface area (Å²) in [5.41, 5.74) is 2.89. The van der Waals surface area contributed by atoms with Crippen LogP contribution in [0.4, 0.5) is 5.69 Å². The van der Waals surface area contributed by atoms with Crippen LogP contribution in [0.25, 0.3) is 22.6 Å². The fraction of sp³-hybridized carbons (Fsp3) is 0.0870. The van der Waals surface area contributed by atoms with Gasteiger partial charge in [-0.2, -0.15) is 0 Å². The van der Waals surface area contributed by atoms with E-state index in [2.05, 4.69) is 31.5 Å². The van der Waals surface area contributed by atoms with Gasteiger partial charge in [-0.05, 0) is 66.8 Å². The Morgan fingerprint density at radius 2 is 1.85 bits per heavy atom. The van der Waals surface area contributed by atoms with Crippen molar-refractivity contribution >= 4 is 67.6 Å². The number of aromatic nitrogens is 1. The Labute approximate surface area is 208 Å². The number of rotatable bonds is 5. The molecule has 7 nitrogen and oxygen atoms in total. The number of amides is 1. The van der Waals surface area contributed by atoms with Crippen molar-refractivity contribution in [2.75, 3.05) is 19.5 Å². The number of carbonyl (C=O) groups excluding carboxylic acids is 1. The second-order valence-electron chi connectivity index (χ2n) is 6.80. The molecule has 0 aliphatic heterocycles. The second-order valence-corrected chi connectivity index (χ2v) is 8.53. The van der Waals surface area contributed by atoms with Gasteiger partial charge in [-0.3, -0.25) is 10.1 Å². The van der Waals surface area contributed by atoms with Crippen LogP contribution in [0.1, 0.15) is 10.4 Å². The number of hydrogen-bond acceptors (Lipinski definition) is 6. The van der Waals surface area contributed by atoms with Crippen molar-refractivity contribution in [3.05, 3.63) is 69.7 Å². The fourth-order valence-corrected chi connectivity index (χ4v) is 3.87. The summed E-state index contributed by atoms with van der Waals surface area (Å²) in [5, 5.41) is 6.29. The van der Waals surface area contributed by atoms with Gasteiger partial charge in [0.1, 0.15) is 5.52 Å². The molecular weight excluding hydrogens is 530 g/mol. The predicted octanol–water partition coefficient (Wildman–Crippen LogP) is 6.05. The SMILES string of the molecule is COc1ccc(C(=O)NC(=S)Nc2ccc3oc(-c4cc(Br)ccc4Cl)nc3c2)cc1OC. The third kappa shape index (κ3) is 5.11.